The first-order chi connectivity index (χ1) is 8.36. The smallest absolute Gasteiger partial charge is 0.309 e. The quantitative estimate of drug-likeness (QED) is 0.863. The van der Waals surface area contributed by atoms with Crippen LogP contribution in [0.25, 0.3) is 0 Å². The Bertz CT molecular complexity index is 412. The summed E-state index contributed by atoms with van der Waals surface area (Å²) >= 11 is 1.60. The highest BCUT2D eigenvalue weighted by Crippen LogP contribution is 2.22. The van der Waals surface area contributed by atoms with E-state index in [2.05, 4.69) is 0 Å². The first-order valence-corrected chi connectivity index (χ1v) is 6.78. The Morgan fingerprint density at radius 3 is 2.56 bits per heavy atom. The predicted molar refractivity (Wildman–Crippen MR) is 71.4 cm³/mol. The van der Waals surface area contributed by atoms with E-state index >= 15 is 0 Å². The SMILES string of the molecule is CCN(Cc1cccs1)C(=O)CC(C)(C)C(=O)O. The number of thiophene rings is 1. The van der Waals surface area contributed by atoms with Crippen LogP contribution in [0.3, 0.4) is 0 Å². The van der Waals surface area contributed by atoms with Crippen molar-refractivity contribution >= 4 is 23.2 Å². The van der Waals surface area contributed by atoms with Crippen molar-refractivity contribution in [3.8, 4) is 0 Å². The van der Waals surface area contributed by atoms with Crippen molar-refractivity contribution in [2.75, 3.05) is 6.54 Å². The number of nitrogens with zero attached hydrogens (tertiary/aromatic N) is 1. The molecule has 4 nitrogen and oxygen atoms in total. The van der Waals surface area contributed by atoms with Gasteiger partial charge in [0.05, 0.1) is 12.0 Å². The Labute approximate surface area is 111 Å². The molecule has 1 amide bonds. The summed E-state index contributed by atoms with van der Waals surface area (Å²) < 4.78 is 0. The first-order valence-electron chi connectivity index (χ1n) is 5.90. The molecule has 0 aliphatic rings. The molecule has 1 heterocycles. The van der Waals surface area contributed by atoms with Crippen LogP contribution in [0.1, 0.15) is 32.1 Å². The molecule has 100 valence electrons. The molecule has 1 aromatic rings. The lowest BCUT2D eigenvalue weighted by atomic mass is 9.89. The maximum absolute atomic E-state index is 12.1. The van der Waals surface area contributed by atoms with Crippen molar-refractivity contribution in [2.45, 2.75) is 33.7 Å². The Morgan fingerprint density at radius 1 is 1.44 bits per heavy atom. The number of carbonyl (C=O) groups excluding carboxylic acids is 1. The topological polar surface area (TPSA) is 57.6 Å². The lowest BCUT2D eigenvalue weighted by molar-refractivity contribution is -0.151. The minimum Gasteiger partial charge on any atom is -0.481 e. The minimum absolute atomic E-state index is 0.0293. The highest BCUT2D eigenvalue weighted by Gasteiger charge is 2.31. The monoisotopic (exact) mass is 269 g/mol. The van der Waals surface area contributed by atoms with Gasteiger partial charge < -0.3 is 10.0 Å². The van der Waals surface area contributed by atoms with Crippen molar-refractivity contribution in [3.63, 3.8) is 0 Å². The zero-order valence-corrected chi connectivity index (χ0v) is 11.8. The number of hydrogen-bond acceptors (Lipinski definition) is 3. The van der Waals surface area contributed by atoms with E-state index in [-0.39, 0.29) is 12.3 Å². The summed E-state index contributed by atoms with van der Waals surface area (Å²) in [5, 5.41) is 11.0. The van der Waals surface area contributed by atoms with Crippen molar-refractivity contribution < 1.29 is 14.7 Å². The predicted octanol–water partition coefficient (Wildman–Crippen LogP) is 2.60. The Balaban J connectivity index is 2.66. The van der Waals surface area contributed by atoms with Gasteiger partial charge in [-0.2, -0.15) is 0 Å². The molecule has 0 aliphatic heterocycles. The molecule has 0 aromatic carbocycles. The third kappa shape index (κ3) is 3.84. The van der Waals surface area contributed by atoms with Gasteiger partial charge in [0.2, 0.25) is 5.91 Å². The molecule has 1 rings (SSSR count). The van der Waals surface area contributed by atoms with Gasteiger partial charge in [0.25, 0.3) is 0 Å². The summed E-state index contributed by atoms with van der Waals surface area (Å²) in [6, 6.07) is 3.92. The fourth-order valence-electron chi connectivity index (χ4n) is 1.53. The molecule has 0 aliphatic carbocycles. The molecule has 0 atom stereocenters. The lowest BCUT2D eigenvalue weighted by Gasteiger charge is -2.25. The molecular weight excluding hydrogens is 250 g/mol. The second-order valence-electron chi connectivity index (χ2n) is 4.85. The summed E-state index contributed by atoms with van der Waals surface area (Å²) in [6.45, 7) is 6.20. The molecule has 0 bridgehead atoms. The van der Waals surface area contributed by atoms with Gasteiger partial charge in [0, 0.05) is 17.8 Å². The van der Waals surface area contributed by atoms with E-state index in [1.165, 1.54) is 0 Å². The van der Waals surface area contributed by atoms with E-state index in [1.54, 1.807) is 30.1 Å². The molecule has 18 heavy (non-hydrogen) atoms. The van der Waals surface area contributed by atoms with Crippen molar-refractivity contribution in [3.05, 3.63) is 22.4 Å². The molecule has 0 fully saturated rings. The first kappa shape index (κ1) is 14.7. The molecule has 1 aromatic heterocycles. The maximum Gasteiger partial charge on any atom is 0.309 e. The largest absolute Gasteiger partial charge is 0.481 e. The van der Waals surface area contributed by atoms with Gasteiger partial charge in [-0.3, -0.25) is 9.59 Å². The maximum atomic E-state index is 12.1. The lowest BCUT2D eigenvalue weighted by Crippen LogP contribution is -2.36. The summed E-state index contributed by atoms with van der Waals surface area (Å²) in [4.78, 5) is 25.9. The van der Waals surface area contributed by atoms with Crippen LogP contribution in [0.4, 0.5) is 0 Å². The number of amides is 1. The normalized spacial score (nSPS) is 11.3. The van der Waals surface area contributed by atoms with E-state index < -0.39 is 11.4 Å². The van der Waals surface area contributed by atoms with E-state index in [0.29, 0.717) is 13.1 Å². The number of rotatable bonds is 6. The van der Waals surface area contributed by atoms with E-state index in [4.69, 9.17) is 5.11 Å². The third-order valence-electron chi connectivity index (χ3n) is 2.83. The average Bonchev–Trinajstić information content (AvgIpc) is 2.77. The van der Waals surface area contributed by atoms with Gasteiger partial charge in [0.15, 0.2) is 0 Å². The minimum atomic E-state index is -1.01. The van der Waals surface area contributed by atoms with Crippen LogP contribution in [-0.4, -0.2) is 28.4 Å². The van der Waals surface area contributed by atoms with Crippen molar-refractivity contribution in [1.29, 1.82) is 0 Å². The molecule has 5 heteroatoms. The van der Waals surface area contributed by atoms with Gasteiger partial charge in [0.1, 0.15) is 0 Å². The molecule has 0 radical (unpaired) electrons. The van der Waals surface area contributed by atoms with Gasteiger partial charge in [-0.05, 0) is 32.2 Å². The van der Waals surface area contributed by atoms with Crippen LogP contribution in [0.2, 0.25) is 0 Å². The third-order valence-corrected chi connectivity index (χ3v) is 3.69. The van der Waals surface area contributed by atoms with Crippen LogP contribution < -0.4 is 0 Å². The molecule has 0 unspecified atom stereocenters. The number of aliphatic carboxylic acids is 1. The van der Waals surface area contributed by atoms with Gasteiger partial charge in [-0.25, -0.2) is 0 Å². The molecule has 0 spiro atoms. The Kier molecular flexibility index (Phi) is 4.90. The van der Waals surface area contributed by atoms with Gasteiger partial charge in [-0.1, -0.05) is 6.07 Å². The van der Waals surface area contributed by atoms with Gasteiger partial charge >= 0.3 is 5.97 Å². The van der Waals surface area contributed by atoms with Crippen LogP contribution in [0.15, 0.2) is 17.5 Å². The fraction of sp³-hybridized carbons (Fsp3) is 0.538. The average molecular weight is 269 g/mol. The molecule has 0 saturated carbocycles. The second kappa shape index (κ2) is 6.00. The number of carboxylic acid groups (broad SMARTS) is 1. The van der Waals surface area contributed by atoms with Crippen LogP contribution in [0, 0.1) is 5.41 Å². The summed E-state index contributed by atoms with van der Waals surface area (Å²) in [6.07, 6.45) is 0.0293. The molecule has 0 saturated heterocycles. The zero-order valence-electron chi connectivity index (χ0n) is 11.0. The highest BCUT2D eigenvalue weighted by atomic mass is 32.1. The molecular formula is C13H19NO3S. The summed E-state index contributed by atoms with van der Waals surface area (Å²) in [5.41, 5.74) is -1.01. The van der Waals surface area contributed by atoms with Crippen molar-refractivity contribution in [1.82, 2.24) is 4.90 Å². The van der Waals surface area contributed by atoms with E-state index in [0.717, 1.165) is 4.88 Å². The standard InChI is InChI=1S/C13H19NO3S/c1-4-14(9-10-6-5-7-18-10)11(15)8-13(2,3)12(16)17/h5-7H,4,8-9H2,1-3H3,(H,16,17). The van der Waals surface area contributed by atoms with E-state index in [9.17, 15) is 9.59 Å². The van der Waals surface area contributed by atoms with Crippen LogP contribution in [0.5, 0.6) is 0 Å². The number of hydrogen-bond donors (Lipinski definition) is 1. The van der Waals surface area contributed by atoms with E-state index in [1.807, 2.05) is 24.4 Å². The Hall–Kier alpha value is -1.36. The summed E-state index contributed by atoms with van der Waals surface area (Å²) in [7, 11) is 0. The van der Waals surface area contributed by atoms with Crippen LogP contribution in [-0.2, 0) is 16.1 Å². The van der Waals surface area contributed by atoms with Crippen LogP contribution >= 0.6 is 11.3 Å². The zero-order chi connectivity index (χ0) is 13.8. The number of carboxylic acids is 1. The fourth-order valence-corrected chi connectivity index (χ4v) is 2.25. The number of carbonyl (C=O) groups is 2. The molecule has 1 N–H and O–H groups in total. The van der Waals surface area contributed by atoms with Crippen molar-refractivity contribution in [2.24, 2.45) is 5.41 Å². The second-order valence-corrected chi connectivity index (χ2v) is 5.89. The Morgan fingerprint density at radius 2 is 2.11 bits per heavy atom. The van der Waals surface area contributed by atoms with Gasteiger partial charge in [-0.15, -0.1) is 11.3 Å². The highest BCUT2D eigenvalue weighted by molar-refractivity contribution is 7.09. The summed E-state index contributed by atoms with van der Waals surface area (Å²) in [5.74, 6) is -1.05.